The van der Waals surface area contributed by atoms with Crippen LogP contribution in [0.15, 0.2) is 12.1 Å². The predicted molar refractivity (Wildman–Crippen MR) is 66.4 cm³/mol. The molecule has 0 spiro atoms. The number of carbonyl (C=O) groups is 2. The Hall–Kier alpha value is -2.18. The zero-order chi connectivity index (χ0) is 14.4. The van der Waals surface area contributed by atoms with E-state index in [0.717, 1.165) is 12.5 Å². The van der Waals surface area contributed by atoms with Gasteiger partial charge in [0.25, 0.3) is 5.91 Å². The van der Waals surface area contributed by atoms with E-state index in [0.29, 0.717) is 12.6 Å². The van der Waals surface area contributed by atoms with Crippen LogP contribution in [0.25, 0.3) is 0 Å². The second-order valence-electron chi connectivity index (χ2n) is 3.89. The van der Waals surface area contributed by atoms with Crippen LogP contribution >= 0.6 is 0 Å². The number of hydrogen-bond acceptors (Lipinski definition) is 3. The van der Waals surface area contributed by atoms with Gasteiger partial charge in [-0.1, -0.05) is 6.92 Å². The Bertz CT molecular complexity index is 492. The van der Waals surface area contributed by atoms with E-state index in [4.69, 9.17) is 5.73 Å². The Balaban J connectivity index is 2.64. The van der Waals surface area contributed by atoms with Gasteiger partial charge < -0.3 is 16.4 Å². The third kappa shape index (κ3) is 4.20. The summed E-state index contributed by atoms with van der Waals surface area (Å²) in [5, 5.41) is 4.83. The Morgan fingerprint density at radius 2 is 1.84 bits per heavy atom. The molecule has 0 saturated carbocycles. The number of halogens is 2. The molecular weight excluding hydrogens is 256 g/mol. The van der Waals surface area contributed by atoms with Gasteiger partial charge in [-0.05, 0) is 12.5 Å². The van der Waals surface area contributed by atoms with Crippen molar-refractivity contribution in [1.29, 1.82) is 0 Å². The van der Waals surface area contributed by atoms with Crippen molar-refractivity contribution < 1.29 is 18.4 Å². The van der Waals surface area contributed by atoms with E-state index in [1.807, 2.05) is 6.92 Å². The molecule has 1 aromatic carbocycles. The van der Waals surface area contributed by atoms with E-state index in [1.54, 1.807) is 0 Å². The van der Waals surface area contributed by atoms with Gasteiger partial charge in [0.15, 0.2) is 11.6 Å². The van der Waals surface area contributed by atoms with Crippen molar-refractivity contribution in [2.24, 2.45) is 0 Å². The van der Waals surface area contributed by atoms with Crippen molar-refractivity contribution in [3.8, 4) is 0 Å². The molecule has 7 heteroatoms. The monoisotopic (exact) mass is 271 g/mol. The third-order valence-electron chi connectivity index (χ3n) is 2.32. The number of nitrogens with two attached hydrogens (primary N) is 1. The number of carbonyl (C=O) groups excluding carboxylic acids is 2. The lowest BCUT2D eigenvalue weighted by Gasteiger charge is -2.08. The first-order valence-electron chi connectivity index (χ1n) is 5.75. The van der Waals surface area contributed by atoms with Crippen molar-refractivity contribution >= 4 is 17.5 Å². The molecule has 0 bridgehead atoms. The highest BCUT2D eigenvalue weighted by molar-refractivity contribution is 6.00. The molecule has 0 atom stereocenters. The summed E-state index contributed by atoms with van der Waals surface area (Å²) in [5.41, 5.74) is 5.01. The second kappa shape index (κ2) is 6.67. The lowest BCUT2D eigenvalue weighted by Crippen LogP contribution is -2.37. The van der Waals surface area contributed by atoms with Crippen molar-refractivity contribution in [1.82, 2.24) is 10.6 Å². The lowest BCUT2D eigenvalue weighted by atomic mass is 10.1. The van der Waals surface area contributed by atoms with Crippen LogP contribution in [0.2, 0.25) is 0 Å². The number of benzene rings is 1. The number of hydrogen-bond donors (Lipinski definition) is 3. The zero-order valence-electron chi connectivity index (χ0n) is 10.4. The van der Waals surface area contributed by atoms with Gasteiger partial charge in [0.05, 0.1) is 12.1 Å². The summed E-state index contributed by atoms with van der Waals surface area (Å²) in [5.74, 6) is -3.40. The van der Waals surface area contributed by atoms with Crippen LogP contribution in [0.4, 0.5) is 14.5 Å². The molecule has 0 radical (unpaired) electrons. The van der Waals surface area contributed by atoms with Crippen LogP contribution in [-0.4, -0.2) is 24.9 Å². The largest absolute Gasteiger partial charge is 0.398 e. The highest BCUT2D eigenvalue weighted by Crippen LogP contribution is 2.16. The molecule has 5 nitrogen and oxygen atoms in total. The molecule has 0 saturated heterocycles. The standard InChI is InChI=1S/C12H15F2N3O2/c1-2-3-16-11(18)6-17-12(19)7-4-8(13)9(14)5-10(7)15/h4-5H,2-3,6,15H2,1H3,(H,16,18)(H,17,19). The minimum Gasteiger partial charge on any atom is -0.398 e. The molecule has 1 rings (SSSR count). The fourth-order valence-corrected chi connectivity index (χ4v) is 1.34. The van der Waals surface area contributed by atoms with Gasteiger partial charge in [0.1, 0.15) is 0 Å². The first-order chi connectivity index (χ1) is 8.95. The highest BCUT2D eigenvalue weighted by Gasteiger charge is 2.14. The van der Waals surface area contributed by atoms with Crippen LogP contribution in [0, 0.1) is 11.6 Å². The molecule has 19 heavy (non-hydrogen) atoms. The van der Waals surface area contributed by atoms with Crippen LogP contribution in [0.5, 0.6) is 0 Å². The lowest BCUT2D eigenvalue weighted by molar-refractivity contribution is -0.120. The molecule has 0 heterocycles. The number of nitrogens with one attached hydrogen (secondary N) is 2. The molecule has 0 aliphatic heterocycles. The molecular formula is C12H15F2N3O2. The van der Waals surface area contributed by atoms with Gasteiger partial charge in [-0.25, -0.2) is 8.78 Å². The van der Waals surface area contributed by atoms with E-state index in [9.17, 15) is 18.4 Å². The Morgan fingerprint density at radius 3 is 2.47 bits per heavy atom. The minimum absolute atomic E-state index is 0.189. The summed E-state index contributed by atoms with van der Waals surface area (Å²) in [6, 6.07) is 1.42. The highest BCUT2D eigenvalue weighted by atomic mass is 19.2. The second-order valence-corrected chi connectivity index (χ2v) is 3.89. The number of nitrogen functional groups attached to an aromatic ring is 1. The van der Waals surface area contributed by atoms with E-state index in [-0.39, 0.29) is 23.7 Å². The van der Waals surface area contributed by atoms with Gasteiger partial charge >= 0.3 is 0 Å². The Kier molecular flexibility index (Phi) is 5.23. The van der Waals surface area contributed by atoms with Crippen LogP contribution in [0.3, 0.4) is 0 Å². The molecule has 0 fully saturated rings. The molecule has 0 aliphatic carbocycles. The Morgan fingerprint density at radius 1 is 1.21 bits per heavy atom. The van der Waals surface area contributed by atoms with Gasteiger partial charge in [-0.15, -0.1) is 0 Å². The predicted octanol–water partition coefficient (Wildman–Crippen LogP) is 0.803. The molecule has 104 valence electrons. The Labute approximate surface area is 109 Å². The zero-order valence-corrected chi connectivity index (χ0v) is 10.4. The van der Waals surface area contributed by atoms with E-state index in [1.165, 1.54) is 0 Å². The normalized spacial score (nSPS) is 10.1. The average Bonchev–Trinajstić information content (AvgIpc) is 2.37. The minimum atomic E-state index is -1.17. The molecule has 0 unspecified atom stereocenters. The van der Waals surface area contributed by atoms with Gasteiger partial charge in [0.2, 0.25) is 5.91 Å². The van der Waals surface area contributed by atoms with Crippen LogP contribution < -0.4 is 16.4 Å². The quantitative estimate of drug-likeness (QED) is 0.693. The third-order valence-corrected chi connectivity index (χ3v) is 2.32. The smallest absolute Gasteiger partial charge is 0.253 e. The van der Waals surface area contributed by atoms with Crippen molar-refractivity contribution in [2.75, 3.05) is 18.8 Å². The molecule has 4 N–H and O–H groups in total. The maximum absolute atomic E-state index is 13.0. The molecule has 2 amide bonds. The summed E-state index contributed by atoms with van der Waals surface area (Å²) in [6.07, 6.45) is 0.774. The average molecular weight is 271 g/mol. The van der Waals surface area contributed by atoms with Crippen molar-refractivity contribution in [2.45, 2.75) is 13.3 Å². The van der Waals surface area contributed by atoms with Crippen LogP contribution in [0.1, 0.15) is 23.7 Å². The fourth-order valence-electron chi connectivity index (χ4n) is 1.34. The summed E-state index contributed by atoms with van der Waals surface area (Å²) in [6.45, 7) is 2.14. The SMILES string of the molecule is CCCNC(=O)CNC(=O)c1cc(F)c(F)cc1N. The van der Waals surface area contributed by atoms with E-state index in [2.05, 4.69) is 10.6 Å². The fraction of sp³-hybridized carbons (Fsp3) is 0.333. The summed E-state index contributed by atoms with van der Waals surface area (Å²) in [4.78, 5) is 22.9. The molecule has 0 aliphatic rings. The summed E-state index contributed by atoms with van der Waals surface area (Å²) >= 11 is 0. The van der Waals surface area contributed by atoms with Gasteiger partial charge in [0, 0.05) is 18.3 Å². The topological polar surface area (TPSA) is 84.2 Å². The summed E-state index contributed by atoms with van der Waals surface area (Å²) < 4.78 is 25.8. The maximum atomic E-state index is 13.0. The molecule has 1 aromatic rings. The first-order valence-corrected chi connectivity index (χ1v) is 5.75. The number of amides is 2. The van der Waals surface area contributed by atoms with E-state index < -0.39 is 17.5 Å². The number of rotatable bonds is 5. The van der Waals surface area contributed by atoms with Gasteiger partial charge in [-0.2, -0.15) is 0 Å². The van der Waals surface area contributed by atoms with Gasteiger partial charge in [-0.3, -0.25) is 9.59 Å². The summed E-state index contributed by atoms with van der Waals surface area (Å²) in [7, 11) is 0. The maximum Gasteiger partial charge on any atom is 0.253 e. The first kappa shape index (κ1) is 14.9. The van der Waals surface area contributed by atoms with Crippen LogP contribution in [-0.2, 0) is 4.79 Å². The van der Waals surface area contributed by atoms with E-state index >= 15 is 0 Å². The van der Waals surface area contributed by atoms with Crippen molar-refractivity contribution in [3.05, 3.63) is 29.3 Å². The van der Waals surface area contributed by atoms with Crippen molar-refractivity contribution in [3.63, 3.8) is 0 Å². The number of anilines is 1. The molecule has 0 aromatic heterocycles.